The molecule has 3 nitrogen and oxygen atoms in total. The molecule has 0 unspecified atom stereocenters. The van der Waals surface area contributed by atoms with Gasteiger partial charge in [-0.15, -0.1) is 0 Å². The van der Waals surface area contributed by atoms with Crippen molar-refractivity contribution in [3.05, 3.63) is 63.1 Å². The summed E-state index contributed by atoms with van der Waals surface area (Å²) < 4.78 is 0.992. The highest BCUT2D eigenvalue weighted by Crippen LogP contribution is 2.25. The molecule has 0 spiro atoms. The van der Waals surface area contributed by atoms with Crippen molar-refractivity contribution in [1.29, 1.82) is 0 Å². The Labute approximate surface area is 137 Å². The fourth-order valence-corrected chi connectivity index (χ4v) is 2.92. The van der Waals surface area contributed by atoms with Crippen LogP contribution in [0.1, 0.15) is 27.0 Å². The van der Waals surface area contributed by atoms with Crippen molar-refractivity contribution in [2.24, 2.45) is 5.73 Å². The molecule has 21 heavy (non-hydrogen) atoms. The van der Waals surface area contributed by atoms with Crippen LogP contribution in [0.15, 0.2) is 40.9 Å². The van der Waals surface area contributed by atoms with Crippen LogP contribution in [0.4, 0.5) is 5.69 Å². The van der Waals surface area contributed by atoms with Gasteiger partial charge in [0.05, 0.1) is 0 Å². The normalized spacial score (nSPS) is 10.2. The largest absolute Gasteiger partial charge is 0.389 e. The van der Waals surface area contributed by atoms with Crippen LogP contribution in [0.2, 0.25) is 0 Å². The van der Waals surface area contributed by atoms with Gasteiger partial charge in [-0.3, -0.25) is 4.79 Å². The number of benzene rings is 2. The number of nitrogens with two attached hydrogens (primary N) is 1. The average Bonchev–Trinajstić information content (AvgIpc) is 2.42. The minimum atomic E-state index is -0.179. The van der Waals surface area contributed by atoms with Crippen LogP contribution in [0.25, 0.3) is 0 Å². The van der Waals surface area contributed by atoms with E-state index in [9.17, 15) is 4.79 Å². The van der Waals surface area contributed by atoms with E-state index in [-0.39, 0.29) is 10.9 Å². The van der Waals surface area contributed by atoms with Gasteiger partial charge in [0.1, 0.15) is 4.99 Å². The molecule has 0 aliphatic rings. The van der Waals surface area contributed by atoms with Gasteiger partial charge in [-0.05, 0) is 49.2 Å². The highest BCUT2D eigenvalue weighted by molar-refractivity contribution is 9.10. The summed E-state index contributed by atoms with van der Waals surface area (Å²) in [5, 5.41) is 2.94. The summed E-state index contributed by atoms with van der Waals surface area (Å²) in [5.41, 5.74) is 9.63. The van der Waals surface area contributed by atoms with Gasteiger partial charge in [0, 0.05) is 21.3 Å². The Morgan fingerprint density at radius 2 is 1.71 bits per heavy atom. The first-order valence-corrected chi connectivity index (χ1v) is 7.56. The number of nitrogens with one attached hydrogen (secondary N) is 1. The predicted octanol–water partition coefficient (Wildman–Crippen LogP) is 3.95. The molecule has 108 valence electrons. The quantitative estimate of drug-likeness (QED) is 0.812. The summed E-state index contributed by atoms with van der Waals surface area (Å²) >= 11 is 8.38. The Balaban J connectivity index is 2.30. The topological polar surface area (TPSA) is 55.1 Å². The SMILES string of the molecule is Cc1cc(Br)cc(C)c1NC(=O)c1cccc(C(N)=S)c1. The molecule has 1 amide bonds. The van der Waals surface area contributed by atoms with Gasteiger partial charge in [0.25, 0.3) is 5.91 Å². The number of anilines is 1. The van der Waals surface area contributed by atoms with E-state index in [1.807, 2.05) is 26.0 Å². The second-order valence-electron chi connectivity index (χ2n) is 4.81. The van der Waals surface area contributed by atoms with E-state index in [1.165, 1.54) is 0 Å². The van der Waals surface area contributed by atoms with Crippen LogP contribution in [-0.2, 0) is 0 Å². The van der Waals surface area contributed by atoms with Crippen molar-refractivity contribution < 1.29 is 4.79 Å². The summed E-state index contributed by atoms with van der Waals surface area (Å²) in [6.07, 6.45) is 0. The third-order valence-electron chi connectivity index (χ3n) is 3.15. The number of carbonyl (C=O) groups is 1. The van der Waals surface area contributed by atoms with Crippen molar-refractivity contribution in [2.75, 3.05) is 5.32 Å². The van der Waals surface area contributed by atoms with Crippen molar-refractivity contribution in [3.63, 3.8) is 0 Å². The standard InChI is InChI=1S/C16H15BrN2OS/c1-9-6-13(17)7-10(2)14(9)19-16(20)12-5-3-4-11(8-12)15(18)21/h3-8H,1-2H3,(H2,18,21)(H,19,20). The van der Waals surface area contributed by atoms with Gasteiger partial charge in [-0.2, -0.15) is 0 Å². The molecule has 0 saturated carbocycles. The summed E-state index contributed by atoms with van der Waals surface area (Å²) in [7, 11) is 0. The summed E-state index contributed by atoms with van der Waals surface area (Å²) in [4.78, 5) is 12.6. The van der Waals surface area contributed by atoms with E-state index in [0.717, 1.165) is 21.3 Å². The van der Waals surface area contributed by atoms with Crippen molar-refractivity contribution in [2.45, 2.75) is 13.8 Å². The van der Waals surface area contributed by atoms with Crippen LogP contribution in [0.5, 0.6) is 0 Å². The lowest BCUT2D eigenvalue weighted by Gasteiger charge is -2.13. The number of hydrogen-bond donors (Lipinski definition) is 2. The first-order valence-electron chi connectivity index (χ1n) is 6.36. The van der Waals surface area contributed by atoms with Gasteiger partial charge in [0.2, 0.25) is 0 Å². The number of carbonyl (C=O) groups excluding carboxylic acids is 1. The van der Waals surface area contributed by atoms with Crippen LogP contribution in [0, 0.1) is 13.8 Å². The maximum Gasteiger partial charge on any atom is 0.255 e. The zero-order valence-corrected chi connectivity index (χ0v) is 14.1. The number of aryl methyl sites for hydroxylation is 2. The number of thiocarbonyl (C=S) groups is 1. The fourth-order valence-electron chi connectivity index (χ4n) is 2.11. The van der Waals surface area contributed by atoms with Crippen LogP contribution in [0.3, 0.4) is 0 Å². The first kappa shape index (κ1) is 15.7. The first-order chi connectivity index (χ1) is 9.88. The highest BCUT2D eigenvalue weighted by atomic mass is 79.9. The molecule has 0 atom stereocenters. The second-order valence-corrected chi connectivity index (χ2v) is 6.17. The molecule has 0 heterocycles. The van der Waals surface area contributed by atoms with Crippen LogP contribution >= 0.6 is 28.1 Å². The van der Waals surface area contributed by atoms with Gasteiger partial charge >= 0.3 is 0 Å². The predicted molar refractivity (Wildman–Crippen MR) is 93.9 cm³/mol. The lowest BCUT2D eigenvalue weighted by molar-refractivity contribution is 0.102. The van der Waals surface area contributed by atoms with Gasteiger partial charge in [-0.1, -0.05) is 40.3 Å². The molecule has 0 radical (unpaired) electrons. The molecule has 0 aliphatic heterocycles. The smallest absolute Gasteiger partial charge is 0.255 e. The lowest BCUT2D eigenvalue weighted by atomic mass is 10.1. The number of rotatable bonds is 3. The number of amides is 1. The molecular formula is C16H15BrN2OS. The van der Waals surface area contributed by atoms with E-state index >= 15 is 0 Å². The highest BCUT2D eigenvalue weighted by Gasteiger charge is 2.11. The average molecular weight is 363 g/mol. The Morgan fingerprint density at radius 3 is 2.29 bits per heavy atom. The van der Waals surface area contributed by atoms with E-state index < -0.39 is 0 Å². The third kappa shape index (κ3) is 3.68. The maximum atomic E-state index is 12.4. The molecule has 0 aliphatic carbocycles. The van der Waals surface area contributed by atoms with Crippen LogP contribution in [-0.4, -0.2) is 10.9 Å². The lowest BCUT2D eigenvalue weighted by Crippen LogP contribution is -2.16. The second kappa shape index (κ2) is 6.37. The molecule has 0 saturated heterocycles. The Hall–Kier alpha value is -1.72. The van der Waals surface area contributed by atoms with Crippen LogP contribution < -0.4 is 11.1 Å². The molecule has 3 N–H and O–H groups in total. The summed E-state index contributed by atoms with van der Waals surface area (Å²) in [5.74, 6) is -0.179. The monoisotopic (exact) mass is 362 g/mol. The molecule has 2 aromatic carbocycles. The minimum absolute atomic E-state index is 0.179. The Bertz CT molecular complexity index is 705. The molecular weight excluding hydrogens is 348 g/mol. The van der Waals surface area contributed by atoms with E-state index in [2.05, 4.69) is 21.2 Å². The van der Waals surface area contributed by atoms with Gasteiger partial charge in [0.15, 0.2) is 0 Å². The van der Waals surface area contributed by atoms with E-state index in [4.69, 9.17) is 18.0 Å². The molecule has 5 heteroatoms. The third-order valence-corrected chi connectivity index (χ3v) is 3.84. The minimum Gasteiger partial charge on any atom is -0.389 e. The molecule has 2 aromatic rings. The molecule has 0 aromatic heterocycles. The zero-order chi connectivity index (χ0) is 15.6. The van der Waals surface area contributed by atoms with Crippen molar-refractivity contribution >= 4 is 44.7 Å². The Kier molecular flexibility index (Phi) is 4.75. The van der Waals surface area contributed by atoms with Crippen molar-refractivity contribution in [1.82, 2.24) is 0 Å². The number of hydrogen-bond acceptors (Lipinski definition) is 2. The molecule has 0 fully saturated rings. The zero-order valence-electron chi connectivity index (χ0n) is 11.7. The fraction of sp³-hybridized carbons (Fsp3) is 0.125. The molecule has 0 bridgehead atoms. The van der Waals surface area contributed by atoms with Gasteiger partial charge < -0.3 is 11.1 Å². The number of halogens is 1. The maximum absolute atomic E-state index is 12.4. The van der Waals surface area contributed by atoms with E-state index in [0.29, 0.717) is 11.1 Å². The summed E-state index contributed by atoms with van der Waals surface area (Å²) in [6, 6.07) is 10.9. The van der Waals surface area contributed by atoms with Crippen molar-refractivity contribution in [3.8, 4) is 0 Å². The molecule has 2 rings (SSSR count). The Morgan fingerprint density at radius 1 is 1.14 bits per heavy atom. The van der Waals surface area contributed by atoms with E-state index in [1.54, 1.807) is 24.3 Å². The summed E-state index contributed by atoms with van der Waals surface area (Å²) in [6.45, 7) is 3.91. The van der Waals surface area contributed by atoms with Gasteiger partial charge in [-0.25, -0.2) is 0 Å².